The number of nitro benzene ring substituents is 1. The molecule has 0 aliphatic carbocycles. The van der Waals surface area contributed by atoms with Crippen molar-refractivity contribution in [1.82, 2.24) is 5.32 Å². The molecule has 0 atom stereocenters. The van der Waals surface area contributed by atoms with Gasteiger partial charge in [0.1, 0.15) is 11.3 Å². The molecule has 0 aromatic heterocycles. The van der Waals surface area contributed by atoms with Gasteiger partial charge in [0, 0.05) is 12.6 Å². The van der Waals surface area contributed by atoms with Crippen molar-refractivity contribution in [2.75, 3.05) is 0 Å². The van der Waals surface area contributed by atoms with Crippen LogP contribution in [0.1, 0.15) is 21.5 Å². The topological polar surface area (TPSA) is 92.5 Å². The zero-order valence-corrected chi connectivity index (χ0v) is 11.4. The average molecular weight is 286 g/mol. The van der Waals surface area contributed by atoms with Crippen LogP contribution < -0.4 is 5.32 Å². The van der Waals surface area contributed by atoms with Crippen molar-refractivity contribution in [3.8, 4) is 5.75 Å². The van der Waals surface area contributed by atoms with E-state index in [4.69, 9.17) is 0 Å². The van der Waals surface area contributed by atoms with Crippen LogP contribution in [0.4, 0.5) is 5.69 Å². The highest BCUT2D eigenvalue weighted by molar-refractivity contribution is 5.99. The Morgan fingerprint density at radius 3 is 2.67 bits per heavy atom. The number of aromatic hydroxyl groups is 1. The number of phenolic OH excluding ortho intramolecular Hbond substituents is 1. The van der Waals surface area contributed by atoms with Gasteiger partial charge >= 0.3 is 0 Å². The molecule has 2 aromatic carbocycles. The molecule has 0 unspecified atom stereocenters. The average Bonchev–Trinajstić information content (AvgIpc) is 2.44. The lowest BCUT2D eigenvalue weighted by molar-refractivity contribution is -0.385. The van der Waals surface area contributed by atoms with E-state index in [0.717, 1.165) is 0 Å². The maximum Gasteiger partial charge on any atom is 0.282 e. The van der Waals surface area contributed by atoms with E-state index in [1.807, 2.05) is 0 Å². The van der Waals surface area contributed by atoms with Crippen LogP contribution in [0.2, 0.25) is 0 Å². The summed E-state index contributed by atoms with van der Waals surface area (Å²) < 4.78 is 0. The predicted octanol–water partition coefficient (Wildman–Crippen LogP) is 2.54. The molecule has 0 saturated heterocycles. The standard InChI is InChI=1S/C15H14N2O4/c1-10-4-2-7-13(17(20)21)14(10)15(19)16-9-11-5-3-6-12(18)8-11/h2-8,18H,9H2,1H3,(H,16,19). The molecule has 0 saturated carbocycles. The number of carbonyl (C=O) groups is 1. The van der Waals surface area contributed by atoms with Gasteiger partial charge in [-0.15, -0.1) is 0 Å². The zero-order valence-electron chi connectivity index (χ0n) is 11.4. The van der Waals surface area contributed by atoms with Gasteiger partial charge in [-0.05, 0) is 30.2 Å². The van der Waals surface area contributed by atoms with Gasteiger partial charge in [-0.3, -0.25) is 14.9 Å². The summed E-state index contributed by atoms with van der Waals surface area (Å²) in [4.78, 5) is 22.6. The van der Waals surface area contributed by atoms with Crippen molar-refractivity contribution in [1.29, 1.82) is 0 Å². The van der Waals surface area contributed by atoms with E-state index in [2.05, 4.69) is 5.32 Å². The van der Waals surface area contributed by atoms with E-state index in [9.17, 15) is 20.0 Å². The second-order valence-electron chi connectivity index (χ2n) is 4.58. The smallest absolute Gasteiger partial charge is 0.282 e. The van der Waals surface area contributed by atoms with E-state index in [0.29, 0.717) is 11.1 Å². The SMILES string of the molecule is Cc1cccc([N+](=O)[O-])c1C(=O)NCc1cccc(O)c1. The first-order valence-corrected chi connectivity index (χ1v) is 6.29. The van der Waals surface area contributed by atoms with Crippen molar-refractivity contribution in [3.63, 3.8) is 0 Å². The monoisotopic (exact) mass is 286 g/mol. The Kier molecular flexibility index (Phi) is 4.18. The molecule has 2 aromatic rings. The molecular weight excluding hydrogens is 272 g/mol. The van der Waals surface area contributed by atoms with E-state index >= 15 is 0 Å². The molecule has 0 bridgehead atoms. The molecule has 0 radical (unpaired) electrons. The van der Waals surface area contributed by atoms with Gasteiger partial charge < -0.3 is 10.4 Å². The summed E-state index contributed by atoms with van der Waals surface area (Å²) in [6.07, 6.45) is 0. The number of phenols is 1. The van der Waals surface area contributed by atoms with Crippen LogP contribution in [0.25, 0.3) is 0 Å². The lowest BCUT2D eigenvalue weighted by atomic mass is 10.1. The maximum absolute atomic E-state index is 12.2. The number of carbonyl (C=O) groups excluding carboxylic acids is 1. The largest absolute Gasteiger partial charge is 0.508 e. The summed E-state index contributed by atoms with van der Waals surface area (Å²) in [5.74, 6) is -0.410. The molecule has 0 aliphatic heterocycles. The summed E-state index contributed by atoms with van der Waals surface area (Å²) in [6, 6.07) is 10.9. The molecule has 21 heavy (non-hydrogen) atoms. The Morgan fingerprint density at radius 2 is 2.00 bits per heavy atom. The zero-order chi connectivity index (χ0) is 15.4. The minimum absolute atomic E-state index is 0.0580. The third-order valence-corrected chi connectivity index (χ3v) is 3.04. The number of nitrogens with zero attached hydrogens (tertiary/aromatic N) is 1. The molecule has 108 valence electrons. The molecule has 0 spiro atoms. The van der Waals surface area contributed by atoms with E-state index < -0.39 is 10.8 Å². The van der Waals surface area contributed by atoms with Crippen LogP contribution in [0, 0.1) is 17.0 Å². The highest BCUT2D eigenvalue weighted by Gasteiger charge is 2.21. The van der Waals surface area contributed by atoms with E-state index in [1.54, 1.807) is 31.2 Å². The number of hydrogen-bond donors (Lipinski definition) is 2. The molecule has 0 fully saturated rings. The van der Waals surface area contributed by atoms with Crippen LogP contribution in [-0.2, 0) is 6.54 Å². The molecular formula is C15H14N2O4. The predicted molar refractivity (Wildman–Crippen MR) is 77.1 cm³/mol. The first kappa shape index (κ1) is 14.5. The maximum atomic E-state index is 12.2. The van der Waals surface area contributed by atoms with E-state index in [1.165, 1.54) is 18.2 Å². The quantitative estimate of drug-likeness (QED) is 0.667. The Bertz CT molecular complexity index is 698. The summed E-state index contributed by atoms with van der Waals surface area (Å²) in [6.45, 7) is 1.83. The Balaban J connectivity index is 2.19. The highest BCUT2D eigenvalue weighted by Crippen LogP contribution is 2.21. The first-order valence-electron chi connectivity index (χ1n) is 6.29. The van der Waals surface area contributed by atoms with Gasteiger partial charge in [0.05, 0.1) is 4.92 Å². The Hall–Kier alpha value is -2.89. The Labute approximate surface area is 121 Å². The summed E-state index contributed by atoms with van der Waals surface area (Å²) in [5.41, 5.74) is 1.09. The number of nitrogens with one attached hydrogen (secondary N) is 1. The van der Waals surface area contributed by atoms with Gasteiger partial charge in [-0.2, -0.15) is 0 Å². The minimum Gasteiger partial charge on any atom is -0.508 e. The van der Waals surface area contributed by atoms with Crippen LogP contribution >= 0.6 is 0 Å². The minimum atomic E-state index is -0.573. The van der Waals surface area contributed by atoms with Gasteiger partial charge in [-0.1, -0.05) is 24.3 Å². The molecule has 2 N–H and O–H groups in total. The van der Waals surface area contributed by atoms with Crippen molar-refractivity contribution in [2.24, 2.45) is 0 Å². The lowest BCUT2D eigenvalue weighted by Gasteiger charge is -2.08. The second-order valence-corrected chi connectivity index (χ2v) is 4.58. The van der Waals surface area contributed by atoms with Crippen molar-refractivity contribution >= 4 is 11.6 Å². The van der Waals surface area contributed by atoms with Gasteiger partial charge in [0.25, 0.3) is 11.6 Å². The fourth-order valence-corrected chi connectivity index (χ4v) is 2.04. The second kappa shape index (κ2) is 6.04. The van der Waals surface area contributed by atoms with Gasteiger partial charge in [0.2, 0.25) is 0 Å². The number of hydrogen-bond acceptors (Lipinski definition) is 4. The number of aryl methyl sites for hydroxylation is 1. The number of benzene rings is 2. The summed E-state index contributed by atoms with van der Waals surface area (Å²) in [7, 11) is 0. The van der Waals surface area contributed by atoms with Crippen molar-refractivity contribution in [3.05, 3.63) is 69.3 Å². The number of rotatable bonds is 4. The van der Waals surface area contributed by atoms with E-state index in [-0.39, 0.29) is 23.5 Å². The Morgan fingerprint density at radius 1 is 1.29 bits per heavy atom. The third kappa shape index (κ3) is 3.36. The molecule has 2 rings (SSSR count). The molecule has 1 amide bonds. The normalized spacial score (nSPS) is 10.1. The third-order valence-electron chi connectivity index (χ3n) is 3.04. The van der Waals surface area contributed by atoms with Crippen LogP contribution in [0.15, 0.2) is 42.5 Å². The molecule has 6 nitrogen and oxygen atoms in total. The summed E-state index contributed by atoms with van der Waals surface area (Å²) >= 11 is 0. The lowest BCUT2D eigenvalue weighted by Crippen LogP contribution is -2.24. The number of nitro groups is 1. The van der Waals surface area contributed by atoms with Crippen LogP contribution in [0.3, 0.4) is 0 Å². The highest BCUT2D eigenvalue weighted by atomic mass is 16.6. The van der Waals surface area contributed by atoms with Gasteiger partial charge in [-0.25, -0.2) is 0 Å². The first-order chi connectivity index (χ1) is 9.99. The van der Waals surface area contributed by atoms with Crippen LogP contribution in [0.5, 0.6) is 5.75 Å². The fraction of sp³-hybridized carbons (Fsp3) is 0.133. The molecule has 0 heterocycles. The van der Waals surface area contributed by atoms with Gasteiger partial charge in [0.15, 0.2) is 0 Å². The van der Waals surface area contributed by atoms with Crippen LogP contribution in [-0.4, -0.2) is 15.9 Å². The number of amides is 1. The molecule has 0 aliphatic rings. The fourth-order valence-electron chi connectivity index (χ4n) is 2.04. The summed E-state index contributed by atoms with van der Waals surface area (Å²) in [5, 5.41) is 23.0. The molecule has 6 heteroatoms. The van der Waals surface area contributed by atoms with Crippen molar-refractivity contribution < 1.29 is 14.8 Å². The van der Waals surface area contributed by atoms with Crippen molar-refractivity contribution in [2.45, 2.75) is 13.5 Å².